The van der Waals surface area contributed by atoms with Gasteiger partial charge in [0.15, 0.2) is 0 Å². The van der Waals surface area contributed by atoms with Crippen LogP contribution in [0.25, 0.3) is 0 Å². The zero-order valence-electron chi connectivity index (χ0n) is 9.60. The van der Waals surface area contributed by atoms with E-state index in [0.29, 0.717) is 25.4 Å². The molecule has 1 heterocycles. The zero-order valence-corrected chi connectivity index (χ0v) is 9.60. The third kappa shape index (κ3) is 2.75. The summed E-state index contributed by atoms with van der Waals surface area (Å²) in [6.07, 6.45) is -0.0923. The SMILES string of the molecule is COC[C@H]1CNCc2ccc(C(=O)O)cc2O1. The standard InChI is InChI=1S/C12H15NO4/c1-16-7-10-6-13-5-9-3-2-8(12(14)15)4-11(9)17-10/h2-4,10,13H,5-7H2,1H3,(H,14,15)/t10-/m1/s1. The highest BCUT2D eigenvalue weighted by Crippen LogP contribution is 2.23. The van der Waals surface area contributed by atoms with Crippen molar-refractivity contribution in [2.24, 2.45) is 0 Å². The lowest BCUT2D eigenvalue weighted by molar-refractivity contribution is 0.0693. The number of carboxylic acid groups (broad SMARTS) is 1. The Hall–Kier alpha value is -1.59. The zero-order chi connectivity index (χ0) is 12.3. The number of ether oxygens (including phenoxy) is 2. The lowest BCUT2D eigenvalue weighted by Gasteiger charge is -2.16. The van der Waals surface area contributed by atoms with E-state index in [1.165, 1.54) is 0 Å². The molecule has 17 heavy (non-hydrogen) atoms. The van der Waals surface area contributed by atoms with Gasteiger partial charge in [0.25, 0.3) is 0 Å². The van der Waals surface area contributed by atoms with Crippen LogP contribution in [0.15, 0.2) is 18.2 Å². The van der Waals surface area contributed by atoms with Crippen molar-refractivity contribution in [2.75, 3.05) is 20.3 Å². The van der Waals surface area contributed by atoms with Crippen LogP contribution in [-0.4, -0.2) is 37.4 Å². The van der Waals surface area contributed by atoms with Crippen molar-refractivity contribution in [3.05, 3.63) is 29.3 Å². The summed E-state index contributed by atoms with van der Waals surface area (Å²) in [6.45, 7) is 1.84. The van der Waals surface area contributed by atoms with E-state index in [1.807, 2.05) is 0 Å². The molecule has 2 rings (SSSR count). The van der Waals surface area contributed by atoms with Crippen molar-refractivity contribution in [1.29, 1.82) is 0 Å². The minimum absolute atomic E-state index is 0.0923. The van der Waals surface area contributed by atoms with Gasteiger partial charge in [0.2, 0.25) is 0 Å². The molecular weight excluding hydrogens is 222 g/mol. The van der Waals surface area contributed by atoms with Crippen LogP contribution in [0.2, 0.25) is 0 Å². The molecule has 0 saturated carbocycles. The number of methoxy groups -OCH3 is 1. The Morgan fingerprint density at radius 2 is 2.47 bits per heavy atom. The third-order valence-corrected chi connectivity index (χ3v) is 2.65. The number of hydrogen-bond acceptors (Lipinski definition) is 4. The molecule has 2 N–H and O–H groups in total. The summed E-state index contributed by atoms with van der Waals surface area (Å²) in [5.41, 5.74) is 1.20. The number of carbonyl (C=O) groups is 1. The maximum absolute atomic E-state index is 10.9. The van der Waals surface area contributed by atoms with Gasteiger partial charge in [0, 0.05) is 25.8 Å². The Morgan fingerprint density at radius 1 is 1.65 bits per heavy atom. The van der Waals surface area contributed by atoms with Crippen molar-refractivity contribution >= 4 is 5.97 Å². The van der Waals surface area contributed by atoms with E-state index in [4.69, 9.17) is 14.6 Å². The van der Waals surface area contributed by atoms with E-state index in [9.17, 15) is 4.79 Å². The normalized spacial score (nSPS) is 19.0. The van der Waals surface area contributed by atoms with Gasteiger partial charge >= 0.3 is 5.97 Å². The van der Waals surface area contributed by atoms with E-state index in [-0.39, 0.29) is 11.7 Å². The molecule has 5 heteroatoms. The number of benzene rings is 1. The molecule has 5 nitrogen and oxygen atoms in total. The second kappa shape index (κ2) is 5.16. The monoisotopic (exact) mass is 237 g/mol. The van der Waals surface area contributed by atoms with Gasteiger partial charge in [-0.05, 0) is 12.1 Å². The van der Waals surface area contributed by atoms with Crippen LogP contribution >= 0.6 is 0 Å². The van der Waals surface area contributed by atoms with Gasteiger partial charge in [-0.1, -0.05) is 6.07 Å². The molecule has 0 amide bonds. The quantitative estimate of drug-likeness (QED) is 0.817. The molecule has 1 aromatic rings. The Balaban J connectivity index is 2.25. The second-order valence-electron chi connectivity index (χ2n) is 3.95. The Labute approximate surface area is 99.3 Å². The Kier molecular flexibility index (Phi) is 3.61. The molecule has 1 atom stereocenters. The van der Waals surface area contributed by atoms with Crippen LogP contribution in [0, 0.1) is 0 Å². The van der Waals surface area contributed by atoms with Crippen molar-refractivity contribution in [2.45, 2.75) is 12.6 Å². The first kappa shape index (κ1) is 11.9. The Bertz CT molecular complexity index is 419. The van der Waals surface area contributed by atoms with Crippen LogP contribution < -0.4 is 10.1 Å². The highest BCUT2D eigenvalue weighted by Gasteiger charge is 2.18. The average molecular weight is 237 g/mol. The second-order valence-corrected chi connectivity index (χ2v) is 3.95. The topological polar surface area (TPSA) is 67.8 Å². The number of nitrogens with one attached hydrogen (secondary N) is 1. The maximum Gasteiger partial charge on any atom is 0.335 e. The molecule has 0 fully saturated rings. The minimum Gasteiger partial charge on any atom is -0.486 e. The number of aromatic carboxylic acids is 1. The highest BCUT2D eigenvalue weighted by molar-refractivity contribution is 5.88. The molecule has 0 unspecified atom stereocenters. The van der Waals surface area contributed by atoms with Gasteiger partial charge in [-0.3, -0.25) is 0 Å². The summed E-state index contributed by atoms with van der Waals surface area (Å²) in [5.74, 6) is -0.325. The molecule has 0 aliphatic carbocycles. The molecule has 0 bridgehead atoms. The van der Waals surface area contributed by atoms with Crippen molar-refractivity contribution in [3.63, 3.8) is 0 Å². The summed E-state index contributed by atoms with van der Waals surface area (Å²) in [4.78, 5) is 10.9. The summed E-state index contributed by atoms with van der Waals surface area (Å²) < 4.78 is 10.8. The smallest absolute Gasteiger partial charge is 0.335 e. The highest BCUT2D eigenvalue weighted by atomic mass is 16.5. The lowest BCUT2D eigenvalue weighted by Crippen LogP contribution is -2.32. The molecule has 0 saturated heterocycles. The summed E-state index contributed by atoms with van der Waals surface area (Å²) in [5, 5.41) is 12.2. The van der Waals surface area contributed by atoms with Crippen molar-refractivity contribution in [1.82, 2.24) is 5.32 Å². The largest absolute Gasteiger partial charge is 0.486 e. The van der Waals surface area contributed by atoms with Crippen molar-refractivity contribution < 1.29 is 19.4 Å². The number of rotatable bonds is 3. The predicted molar refractivity (Wildman–Crippen MR) is 61.4 cm³/mol. The molecular formula is C12H15NO4. The van der Waals surface area contributed by atoms with E-state index < -0.39 is 5.97 Å². The summed E-state index contributed by atoms with van der Waals surface area (Å²) in [6, 6.07) is 4.93. The van der Waals surface area contributed by atoms with E-state index in [2.05, 4.69) is 5.32 Å². The lowest BCUT2D eigenvalue weighted by atomic mass is 10.1. The van der Waals surface area contributed by atoms with Gasteiger partial charge in [-0.15, -0.1) is 0 Å². The van der Waals surface area contributed by atoms with Gasteiger partial charge in [0.1, 0.15) is 11.9 Å². The first-order chi connectivity index (χ1) is 8.20. The van der Waals surface area contributed by atoms with E-state index >= 15 is 0 Å². The summed E-state index contributed by atoms with van der Waals surface area (Å²) >= 11 is 0. The first-order valence-corrected chi connectivity index (χ1v) is 5.43. The molecule has 1 aromatic carbocycles. The van der Waals surface area contributed by atoms with Gasteiger partial charge in [-0.2, -0.15) is 0 Å². The van der Waals surface area contributed by atoms with Crippen molar-refractivity contribution in [3.8, 4) is 5.75 Å². The van der Waals surface area contributed by atoms with Crippen LogP contribution in [0.1, 0.15) is 15.9 Å². The van der Waals surface area contributed by atoms with E-state index in [0.717, 1.165) is 5.56 Å². The van der Waals surface area contributed by atoms with Crippen LogP contribution in [-0.2, 0) is 11.3 Å². The summed E-state index contributed by atoms with van der Waals surface area (Å²) in [7, 11) is 1.61. The molecule has 1 aliphatic rings. The average Bonchev–Trinajstić information content (AvgIpc) is 2.50. The molecule has 1 aliphatic heterocycles. The van der Waals surface area contributed by atoms with Crippen LogP contribution in [0.5, 0.6) is 5.75 Å². The number of fused-ring (bicyclic) bond motifs is 1. The maximum atomic E-state index is 10.9. The van der Waals surface area contributed by atoms with Crippen LogP contribution in [0.3, 0.4) is 0 Å². The minimum atomic E-state index is -0.947. The fourth-order valence-corrected chi connectivity index (χ4v) is 1.81. The molecule has 92 valence electrons. The predicted octanol–water partition coefficient (Wildman–Crippen LogP) is 0.882. The third-order valence-electron chi connectivity index (χ3n) is 2.65. The Morgan fingerprint density at radius 3 is 3.18 bits per heavy atom. The molecule has 0 spiro atoms. The fraction of sp³-hybridized carbons (Fsp3) is 0.417. The molecule has 0 radical (unpaired) electrons. The van der Waals surface area contributed by atoms with E-state index in [1.54, 1.807) is 25.3 Å². The van der Waals surface area contributed by atoms with Crippen LogP contribution in [0.4, 0.5) is 0 Å². The number of carboxylic acids is 1. The number of hydrogen-bond donors (Lipinski definition) is 2. The van der Waals surface area contributed by atoms with Gasteiger partial charge in [0.05, 0.1) is 12.2 Å². The molecule has 0 aromatic heterocycles. The van der Waals surface area contributed by atoms with Gasteiger partial charge < -0.3 is 19.9 Å². The fourth-order valence-electron chi connectivity index (χ4n) is 1.81. The van der Waals surface area contributed by atoms with Gasteiger partial charge in [-0.25, -0.2) is 4.79 Å². The first-order valence-electron chi connectivity index (χ1n) is 5.43.